The summed E-state index contributed by atoms with van der Waals surface area (Å²) in [5.74, 6) is 1.56. The first-order valence-electron chi connectivity index (χ1n) is 12.3. The van der Waals surface area contributed by atoms with Gasteiger partial charge in [0.25, 0.3) is 0 Å². The Morgan fingerprint density at radius 2 is 1.88 bits per heavy atom. The first kappa shape index (κ1) is 26.9. The Hall–Kier alpha value is -2.38. The Balaban J connectivity index is 0.000000890. The van der Waals surface area contributed by atoms with Gasteiger partial charge in [-0.15, -0.1) is 10.2 Å². The number of nitrogens with one attached hydrogen (secondary N) is 1. The van der Waals surface area contributed by atoms with E-state index in [4.69, 9.17) is 14.6 Å². The number of aryl methyl sites for hydroxylation is 1. The zero-order chi connectivity index (χ0) is 24.1. The molecule has 1 atom stereocenters. The fourth-order valence-corrected chi connectivity index (χ4v) is 3.84. The molecule has 0 fully saturated rings. The highest BCUT2D eigenvalue weighted by Crippen LogP contribution is 2.38. The van der Waals surface area contributed by atoms with E-state index >= 15 is 0 Å². The van der Waals surface area contributed by atoms with Gasteiger partial charge in [0.1, 0.15) is 23.0 Å². The van der Waals surface area contributed by atoms with Crippen molar-refractivity contribution in [3.63, 3.8) is 0 Å². The first-order valence-corrected chi connectivity index (χ1v) is 12.3. The maximum atomic E-state index is 10.7. The number of hydrogen-bond donors (Lipinski definition) is 3. The van der Waals surface area contributed by atoms with Gasteiger partial charge in [-0.05, 0) is 55.4 Å². The number of aromatic nitrogens is 2. The Kier molecular flexibility index (Phi) is 12.0. The molecule has 33 heavy (non-hydrogen) atoms. The van der Waals surface area contributed by atoms with Gasteiger partial charge in [0.15, 0.2) is 0 Å². The van der Waals surface area contributed by atoms with E-state index < -0.39 is 0 Å². The van der Waals surface area contributed by atoms with Gasteiger partial charge in [0.05, 0.1) is 13.7 Å². The van der Waals surface area contributed by atoms with Crippen LogP contribution in [0, 0.1) is 0 Å². The van der Waals surface area contributed by atoms with Crippen LogP contribution in [0.2, 0.25) is 0 Å². The second kappa shape index (κ2) is 14.7. The largest absolute Gasteiger partial charge is 0.507 e. The smallest absolute Gasteiger partial charge is 0.149 e. The Labute approximate surface area is 198 Å². The van der Waals surface area contributed by atoms with Crippen molar-refractivity contribution in [3.05, 3.63) is 29.3 Å². The number of methoxy groups -OCH3 is 1. The summed E-state index contributed by atoms with van der Waals surface area (Å²) in [5, 5.41) is 31.1. The third-order valence-corrected chi connectivity index (χ3v) is 5.73. The number of aliphatic hydroxyl groups is 1. The quantitative estimate of drug-likeness (QED) is 0.427. The number of unbranched alkanes of at least 4 members (excludes halogenated alkanes) is 2. The van der Waals surface area contributed by atoms with Crippen molar-refractivity contribution in [1.82, 2.24) is 10.2 Å². The molecule has 2 aromatic rings. The van der Waals surface area contributed by atoms with Gasteiger partial charge in [0.2, 0.25) is 0 Å². The lowest BCUT2D eigenvalue weighted by atomic mass is 9.97. The minimum absolute atomic E-state index is 0.145. The zero-order valence-electron chi connectivity index (χ0n) is 20.7. The predicted octanol–water partition coefficient (Wildman–Crippen LogP) is 5.48. The molecule has 1 aliphatic rings. The number of aliphatic hydroxyl groups excluding tert-OH is 1. The number of rotatable bonds is 9. The van der Waals surface area contributed by atoms with E-state index in [1.165, 1.54) is 19.3 Å². The lowest BCUT2D eigenvalue weighted by molar-refractivity contribution is 0.119. The van der Waals surface area contributed by atoms with Crippen LogP contribution in [0.25, 0.3) is 11.3 Å². The van der Waals surface area contributed by atoms with E-state index in [1.54, 1.807) is 13.2 Å². The fourth-order valence-electron chi connectivity index (χ4n) is 3.84. The van der Waals surface area contributed by atoms with Crippen molar-refractivity contribution >= 4 is 5.82 Å². The lowest BCUT2D eigenvalue weighted by Gasteiger charge is -2.19. The number of hydrogen-bond acceptors (Lipinski definition) is 7. The standard InChI is InChI=1S/C23H33N3O3.C3H8O/c1-4-6-7-10-18(5-2)24-21-13-16-9-8-11-29-15-17-12-19(28-3)14-20(27)22(17)23(16)26-25-21;1-2-3-4/h12-14,18,27H,4-11,15H2,1-3H3,(H,24,25);4H,2-3H2,1H3/t18-;/m0./s1. The SMILES string of the molecule is CCCCC[C@H](CC)Nc1cc2c(nn1)-c1c(O)cc(OC)cc1COCCC2.CCCO. The fraction of sp³-hybridized carbons (Fsp3) is 0.615. The minimum Gasteiger partial charge on any atom is -0.507 e. The van der Waals surface area contributed by atoms with Gasteiger partial charge in [-0.1, -0.05) is 40.0 Å². The van der Waals surface area contributed by atoms with E-state index in [9.17, 15) is 5.11 Å². The van der Waals surface area contributed by atoms with Crippen molar-refractivity contribution < 1.29 is 19.7 Å². The second-order valence-electron chi connectivity index (χ2n) is 8.41. The molecule has 0 saturated carbocycles. The van der Waals surface area contributed by atoms with Crippen LogP contribution in [-0.2, 0) is 17.8 Å². The molecule has 0 saturated heterocycles. The summed E-state index contributed by atoms with van der Waals surface area (Å²) < 4.78 is 11.1. The van der Waals surface area contributed by atoms with Gasteiger partial charge < -0.3 is 25.0 Å². The summed E-state index contributed by atoms with van der Waals surface area (Å²) in [4.78, 5) is 0. The van der Waals surface area contributed by atoms with Crippen molar-refractivity contribution in [2.45, 2.75) is 84.8 Å². The third kappa shape index (κ3) is 8.16. The van der Waals surface area contributed by atoms with Crippen LogP contribution < -0.4 is 10.1 Å². The van der Waals surface area contributed by atoms with Crippen molar-refractivity contribution in [3.8, 4) is 22.8 Å². The van der Waals surface area contributed by atoms with Crippen LogP contribution in [0.1, 0.15) is 76.8 Å². The number of phenols is 1. The minimum atomic E-state index is 0.145. The third-order valence-electron chi connectivity index (χ3n) is 5.73. The zero-order valence-corrected chi connectivity index (χ0v) is 20.7. The van der Waals surface area contributed by atoms with Gasteiger partial charge in [0, 0.05) is 30.9 Å². The van der Waals surface area contributed by atoms with Crippen LogP contribution in [0.5, 0.6) is 11.5 Å². The number of phenolic OH excluding ortho intramolecular Hbond substituents is 1. The highest BCUT2D eigenvalue weighted by Gasteiger charge is 2.21. The molecule has 184 valence electrons. The molecule has 7 heteroatoms. The topological polar surface area (TPSA) is 96.7 Å². The summed E-state index contributed by atoms with van der Waals surface area (Å²) in [6, 6.07) is 6.01. The molecule has 0 amide bonds. The van der Waals surface area contributed by atoms with E-state index in [2.05, 4.69) is 35.4 Å². The van der Waals surface area contributed by atoms with Crippen molar-refractivity contribution in [1.29, 1.82) is 0 Å². The molecule has 1 aliphatic heterocycles. The highest BCUT2D eigenvalue weighted by atomic mass is 16.5. The Morgan fingerprint density at radius 1 is 1.09 bits per heavy atom. The molecule has 2 heterocycles. The summed E-state index contributed by atoms with van der Waals surface area (Å²) in [6.45, 7) is 7.75. The Morgan fingerprint density at radius 3 is 2.55 bits per heavy atom. The van der Waals surface area contributed by atoms with Gasteiger partial charge in [-0.2, -0.15) is 0 Å². The highest BCUT2D eigenvalue weighted by molar-refractivity contribution is 5.75. The number of anilines is 1. The number of benzene rings is 1. The van der Waals surface area contributed by atoms with Gasteiger partial charge in [-0.3, -0.25) is 0 Å². The van der Waals surface area contributed by atoms with E-state index in [0.29, 0.717) is 37.2 Å². The van der Waals surface area contributed by atoms with Crippen LogP contribution in [-0.4, -0.2) is 46.8 Å². The molecular formula is C26H41N3O4. The average molecular weight is 460 g/mol. The van der Waals surface area contributed by atoms with Crippen LogP contribution in [0.15, 0.2) is 18.2 Å². The van der Waals surface area contributed by atoms with E-state index in [0.717, 1.165) is 54.7 Å². The predicted molar refractivity (Wildman–Crippen MR) is 133 cm³/mol. The van der Waals surface area contributed by atoms with Crippen molar-refractivity contribution in [2.24, 2.45) is 0 Å². The molecule has 1 aromatic carbocycles. The van der Waals surface area contributed by atoms with Crippen LogP contribution >= 0.6 is 0 Å². The van der Waals surface area contributed by atoms with Gasteiger partial charge in [-0.25, -0.2) is 0 Å². The normalized spacial score (nSPS) is 13.8. The first-order chi connectivity index (χ1) is 16.1. The molecule has 0 spiro atoms. The summed E-state index contributed by atoms with van der Waals surface area (Å²) in [5.41, 5.74) is 3.37. The van der Waals surface area contributed by atoms with Crippen LogP contribution in [0.3, 0.4) is 0 Å². The molecule has 0 unspecified atom stereocenters. The maximum Gasteiger partial charge on any atom is 0.149 e. The Bertz CT molecular complexity index is 843. The molecule has 7 nitrogen and oxygen atoms in total. The van der Waals surface area contributed by atoms with Crippen molar-refractivity contribution in [2.75, 3.05) is 25.6 Å². The number of nitrogens with zero attached hydrogens (tertiary/aromatic N) is 2. The number of ether oxygens (including phenoxy) is 2. The van der Waals surface area contributed by atoms with E-state index in [-0.39, 0.29) is 5.75 Å². The maximum absolute atomic E-state index is 10.7. The average Bonchev–Trinajstić information content (AvgIpc) is 2.92. The second-order valence-corrected chi connectivity index (χ2v) is 8.41. The summed E-state index contributed by atoms with van der Waals surface area (Å²) in [7, 11) is 1.59. The monoisotopic (exact) mass is 459 g/mol. The molecule has 3 rings (SSSR count). The lowest BCUT2D eigenvalue weighted by Crippen LogP contribution is -2.19. The summed E-state index contributed by atoms with van der Waals surface area (Å²) >= 11 is 0. The number of fused-ring (bicyclic) bond motifs is 3. The summed E-state index contributed by atoms with van der Waals surface area (Å²) in [6.07, 6.45) is 8.51. The van der Waals surface area contributed by atoms with E-state index in [1.807, 2.05) is 13.0 Å². The molecule has 1 aromatic heterocycles. The molecule has 0 radical (unpaired) electrons. The molecule has 0 bridgehead atoms. The molecule has 0 aliphatic carbocycles. The van der Waals surface area contributed by atoms with Gasteiger partial charge >= 0.3 is 0 Å². The number of aromatic hydroxyl groups is 1. The molecular weight excluding hydrogens is 418 g/mol. The van der Waals surface area contributed by atoms with Crippen LogP contribution in [0.4, 0.5) is 5.82 Å². The molecule has 3 N–H and O–H groups in total.